The highest BCUT2D eigenvalue weighted by atomic mass is 35.5. The maximum atomic E-state index is 12.8. The molecule has 0 aliphatic heterocycles. The molecule has 2 aromatic carbocycles. The zero-order valence-electron chi connectivity index (χ0n) is 14.0. The van der Waals surface area contributed by atoms with Crippen LogP contribution in [0.25, 0.3) is 10.9 Å². The third-order valence-corrected chi connectivity index (χ3v) is 5.84. The number of carbonyl (C=O) groups excluding carboxylic acids is 1. The van der Waals surface area contributed by atoms with E-state index in [1.54, 1.807) is 48.9 Å². The fourth-order valence-electron chi connectivity index (χ4n) is 2.69. The highest BCUT2D eigenvalue weighted by Gasteiger charge is 2.18. The number of hydrogen-bond donors (Lipinski definition) is 2. The summed E-state index contributed by atoms with van der Waals surface area (Å²) in [5, 5.41) is 5.33. The zero-order chi connectivity index (χ0) is 19.7. The van der Waals surface area contributed by atoms with Gasteiger partial charge in [0.25, 0.3) is 5.91 Å². The van der Waals surface area contributed by atoms with Crippen molar-refractivity contribution in [2.75, 3.05) is 5.32 Å². The van der Waals surface area contributed by atoms with Gasteiger partial charge in [-0.2, -0.15) is 0 Å². The Hall–Kier alpha value is -2.25. The molecule has 28 heavy (non-hydrogen) atoms. The number of anilines is 1. The number of carbonyl (C=O) groups is 1. The van der Waals surface area contributed by atoms with Crippen LogP contribution in [0, 0.1) is 0 Å². The first kappa shape index (κ1) is 19.1. The molecule has 0 bridgehead atoms. The summed E-state index contributed by atoms with van der Waals surface area (Å²) in [4.78, 5) is 25.3. The molecule has 2 heterocycles. The first-order chi connectivity index (χ1) is 13.5. The number of nitrogens with zero attached hydrogens (tertiary/aromatic N) is 2. The van der Waals surface area contributed by atoms with E-state index in [2.05, 4.69) is 20.3 Å². The van der Waals surface area contributed by atoms with Gasteiger partial charge in [-0.3, -0.25) is 9.78 Å². The average molecular weight is 450 g/mol. The minimum absolute atomic E-state index is 0.204. The Morgan fingerprint density at radius 3 is 2.46 bits per heavy atom. The lowest BCUT2D eigenvalue weighted by Crippen LogP contribution is -2.13. The number of rotatable bonds is 4. The van der Waals surface area contributed by atoms with Crippen LogP contribution in [0.15, 0.2) is 65.0 Å². The van der Waals surface area contributed by atoms with Gasteiger partial charge in [0.05, 0.1) is 31.8 Å². The van der Waals surface area contributed by atoms with E-state index >= 15 is 0 Å². The average Bonchev–Trinajstić information content (AvgIpc) is 3.17. The third kappa shape index (κ3) is 3.69. The SMILES string of the molecule is O=C(Nc1ccc(Cl)c2c(Sc3ncc[nH]3)ccnc12)c1c(Cl)cccc1Cl. The number of H-pyrrole nitrogens is 1. The minimum Gasteiger partial charge on any atom is -0.339 e. The monoisotopic (exact) mass is 448 g/mol. The molecule has 0 aliphatic rings. The van der Waals surface area contributed by atoms with E-state index in [4.69, 9.17) is 34.8 Å². The predicted molar refractivity (Wildman–Crippen MR) is 114 cm³/mol. The molecule has 0 radical (unpaired) electrons. The van der Waals surface area contributed by atoms with Crippen molar-refractivity contribution in [2.45, 2.75) is 10.1 Å². The van der Waals surface area contributed by atoms with Crippen LogP contribution in [0.5, 0.6) is 0 Å². The van der Waals surface area contributed by atoms with Gasteiger partial charge in [0, 0.05) is 28.9 Å². The molecule has 4 aromatic rings. The van der Waals surface area contributed by atoms with E-state index in [0.29, 0.717) is 21.6 Å². The van der Waals surface area contributed by atoms with Crippen LogP contribution >= 0.6 is 46.6 Å². The molecule has 9 heteroatoms. The summed E-state index contributed by atoms with van der Waals surface area (Å²) in [7, 11) is 0. The van der Waals surface area contributed by atoms with Gasteiger partial charge in [0.1, 0.15) is 0 Å². The van der Waals surface area contributed by atoms with E-state index < -0.39 is 5.91 Å². The summed E-state index contributed by atoms with van der Waals surface area (Å²) in [6.07, 6.45) is 5.07. The maximum absolute atomic E-state index is 12.8. The Kier molecular flexibility index (Phi) is 5.46. The molecule has 1 amide bonds. The second-order valence-electron chi connectivity index (χ2n) is 5.67. The lowest BCUT2D eigenvalue weighted by atomic mass is 10.1. The molecule has 0 unspecified atom stereocenters. The second kappa shape index (κ2) is 8.01. The molecule has 2 aromatic heterocycles. The first-order valence-electron chi connectivity index (χ1n) is 8.04. The number of benzene rings is 2. The maximum Gasteiger partial charge on any atom is 0.258 e. The van der Waals surface area contributed by atoms with Gasteiger partial charge in [-0.1, -0.05) is 52.6 Å². The molecule has 4 rings (SSSR count). The second-order valence-corrected chi connectivity index (χ2v) is 7.93. The fourth-order valence-corrected chi connectivity index (χ4v) is 4.46. The van der Waals surface area contributed by atoms with Gasteiger partial charge in [-0.25, -0.2) is 4.98 Å². The standard InChI is InChI=1S/C19H11Cl3N4OS/c20-10-2-1-3-11(21)15(10)18(27)26-13-5-4-12(22)16-14(6-7-23-17(13)16)28-19-24-8-9-25-19/h1-9H,(H,24,25)(H,26,27). The van der Waals surface area contributed by atoms with Crippen LogP contribution < -0.4 is 5.32 Å². The van der Waals surface area contributed by atoms with Crippen molar-refractivity contribution in [3.05, 3.63) is 75.6 Å². The predicted octanol–water partition coefficient (Wildman–Crippen LogP) is 6.32. The van der Waals surface area contributed by atoms with Crippen LogP contribution in [-0.4, -0.2) is 20.9 Å². The minimum atomic E-state index is -0.426. The van der Waals surface area contributed by atoms with E-state index in [0.717, 1.165) is 10.1 Å². The number of amides is 1. The van der Waals surface area contributed by atoms with Crippen molar-refractivity contribution in [1.82, 2.24) is 15.0 Å². The zero-order valence-corrected chi connectivity index (χ0v) is 17.1. The number of nitrogens with one attached hydrogen (secondary N) is 2. The molecule has 0 aliphatic carbocycles. The van der Waals surface area contributed by atoms with Crippen molar-refractivity contribution in [3.8, 4) is 0 Å². The lowest BCUT2D eigenvalue weighted by molar-refractivity contribution is 0.102. The molecule has 2 N–H and O–H groups in total. The first-order valence-corrected chi connectivity index (χ1v) is 9.99. The van der Waals surface area contributed by atoms with E-state index in [9.17, 15) is 4.79 Å². The summed E-state index contributed by atoms with van der Waals surface area (Å²) in [5.74, 6) is -0.426. The Balaban J connectivity index is 1.76. The van der Waals surface area contributed by atoms with Crippen molar-refractivity contribution >= 4 is 69.1 Å². The number of fused-ring (bicyclic) bond motifs is 1. The molecule has 0 atom stereocenters. The van der Waals surface area contributed by atoms with Crippen LogP contribution in [0.2, 0.25) is 15.1 Å². The summed E-state index contributed by atoms with van der Waals surface area (Å²) < 4.78 is 0. The molecule has 0 spiro atoms. The Bertz CT molecular complexity index is 1160. The van der Waals surface area contributed by atoms with E-state index in [-0.39, 0.29) is 15.6 Å². The molecule has 5 nitrogen and oxygen atoms in total. The molecular weight excluding hydrogens is 439 g/mol. The van der Waals surface area contributed by atoms with Gasteiger partial charge >= 0.3 is 0 Å². The lowest BCUT2D eigenvalue weighted by Gasteiger charge is -2.13. The van der Waals surface area contributed by atoms with Gasteiger partial charge in [0.2, 0.25) is 0 Å². The van der Waals surface area contributed by atoms with E-state index in [1.807, 2.05) is 6.07 Å². The number of aromatic nitrogens is 3. The number of imidazole rings is 1. The van der Waals surface area contributed by atoms with Crippen LogP contribution in [0.3, 0.4) is 0 Å². The third-order valence-electron chi connectivity index (χ3n) is 3.92. The Morgan fingerprint density at radius 2 is 1.75 bits per heavy atom. The normalized spacial score (nSPS) is 11.0. The summed E-state index contributed by atoms with van der Waals surface area (Å²) >= 11 is 20.1. The molecular formula is C19H11Cl3N4OS. The van der Waals surface area contributed by atoms with Gasteiger partial charge in [-0.05, 0) is 30.3 Å². The fraction of sp³-hybridized carbons (Fsp3) is 0. The van der Waals surface area contributed by atoms with Crippen molar-refractivity contribution < 1.29 is 4.79 Å². The molecule has 0 fully saturated rings. The summed E-state index contributed by atoms with van der Waals surface area (Å²) in [5.41, 5.74) is 1.26. The molecule has 140 valence electrons. The Labute approximate surface area is 179 Å². The quantitative estimate of drug-likeness (QED) is 0.382. The Morgan fingerprint density at radius 1 is 0.964 bits per heavy atom. The van der Waals surface area contributed by atoms with Gasteiger partial charge in [-0.15, -0.1) is 0 Å². The number of hydrogen-bond acceptors (Lipinski definition) is 4. The van der Waals surface area contributed by atoms with Crippen LogP contribution in [0.1, 0.15) is 10.4 Å². The molecule has 0 saturated carbocycles. The highest BCUT2D eigenvalue weighted by molar-refractivity contribution is 7.99. The van der Waals surface area contributed by atoms with Crippen molar-refractivity contribution in [2.24, 2.45) is 0 Å². The number of halogens is 3. The van der Waals surface area contributed by atoms with Crippen LogP contribution in [0.4, 0.5) is 5.69 Å². The highest BCUT2D eigenvalue weighted by Crippen LogP contribution is 2.38. The summed E-state index contributed by atoms with van der Waals surface area (Å²) in [6.45, 7) is 0. The van der Waals surface area contributed by atoms with Crippen molar-refractivity contribution in [1.29, 1.82) is 0 Å². The number of pyridine rings is 1. The molecule has 0 saturated heterocycles. The van der Waals surface area contributed by atoms with Gasteiger partial charge in [0.15, 0.2) is 5.16 Å². The van der Waals surface area contributed by atoms with Crippen molar-refractivity contribution in [3.63, 3.8) is 0 Å². The topological polar surface area (TPSA) is 70.7 Å². The largest absolute Gasteiger partial charge is 0.339 e. The summed E-state index contributed by atoms with van der Waals surface area (Å²) in [6, 6.07) is 10.2. The van der Waals surface area contributed by atoms with Gasteiger partial charge < -0.3 is 10.3 Å². The van der Waals surface area contributed by atoms with Crippen LogP contribution in [-0.2, 0) is 0 Å². The number of aromatic amines is 1. The van der Waals surface area contributed by atoms with E-state index in [1.165, 1.54) is 11.8 Å². The smallest absolute Gasteiger partial charge is 0.258 e.